The standard InChI is InChI=1S/C15H23N2O14P/c18-3-5(19)8(21)10(23)12(25)14(26)32(28,29)30-4-6-9(22)11(24)13(31-6)17-2-1-7(20)16-15(17)27/h1-2,5-6,8-13,18-19,21-25H,3-4H2,(H,28,29)(H,16,20,27)/t5-,6-,8-,9-,10+,11-,12-,13-/m1/s1. The first-order valence-electron chi connectivity index (χ1n) is 8.99. The fraction of sp³-hybridized carbons (Fsp3) is 0.667. The molecule has 17 heteroatoms. The normalized spacial score (nSPS) is 29.1. The number of carbonyl (C=O) groups excluding carboxylic acids is 1. The number of nitrogens with one attached hydrogen (secondary N) is 1. The molecule has 0 spiro atoms. The van der Waals surface area contributed by atoms with E-state index in [0.29, 0.717) is 0 Å². The Balaban J connectivity index is 2.06. The molecular formula is C15H23N2O14P. The summed E-state index contributed by atoms with van der Waals surface area (Å²) in [5.74, 6) is 0. The summed E-state index contributed by atoms with van der Waals surface area (Å²) in [6.07, 6.45) is -15.0. The van der Waals surface area contributed by atoms with Crippen molar-refractivity contribution < 1.29 is 59.3 Å². The molecule has 16 nitrogen and oxygen atoms in total. The summed E-state index contributed by atoms with van der Waals surface area (Å²) < 4.78 is 22.6. The van der Waals surface area contributed by atoms with Gasteiger partial charge in [0.15, 0.2) is 12.3 Å². The van der Waals surface area contributed by atoms with Crippen molar-refractivity contribution in [1.82, 2.24) is 9.55 Å². The number of hydrogen-bond donors (Lipinski definition) is 9. The van der Waals surface area contributed by atoms with E-state index in [-0.39, 0.29) is 0 Å². The minimum atomic E-state index is -5.37. The number of hydrogen-bond acceptors (Lipinski definition) is 13. The van der Waals surface area contributed by atoms with Gasteiger partial charge in [-0.15, -0.1) is 0 Å². The first kappa shape index (κ1) is 26.4. The Morgan fingerprint density at radius 1 is 1.19 bits per heavy atom. The molecule has 1 saturated heterocycles. The predicted octanol–water partition coefficient (Wildman–Crippen LogP) is -5.68. The van der Waals surface area contributed by atoms with Crippen LogP contribution in [0.1, 0.15) is 6.23 Å². The van der Waals surface area contributed by atoms with Gasteiger partial charge >= 0.3 is 13.3 Å². The number of aliphatic hydroxyl groups is 7. The smallest absolute Gasteiger partial charge is 0.394 e. The molecule has 1 fully saturated rings. The van der Waals surface area contributed by atoms with Crippen molar-refractivity contribution in [3.05, 3.63) is 33.1 Å². The van der Waals surface area contributed by atoms with Gasteiger partial charge in [0, 0.05) is 12.3 Å². The van der Waals surface area contributed by atoms with Gasteiger partial charge in [-0.1, -0.05) is 0 Å². The van der Waals surface area contributed by atoms with Crippen LogP contribution in [0.2, 0.25) is 0 Å². The lowest BCUT2D eigenvalue weighted by Gasteiger charge is -2.26. The molecule has 0 aliphatic carbocycles. The molecule has 0 amide bonds. The number of ether oxygens (including phenoxy) is 1. The quantitative estimate of drug-likeness (QED) is 0.140. The summed E-state index contributed by atoms with van der Waals surface area (Å²) in [5, 5.41) is 66.9. The molecule has 9 N–H and O–H groups in total. The number of aromatic nitrogens is 2. The number of aromatic amines is 1. The van der Waals surface area contributed by atoms with E-state index in [1.165, 1.54) is 0 Å². The van der Waals surface area contributed by atoms with Crippen molar-refractivity contribution in [1.29, 1.82) is 0 Å². The summed E-state index contributed by atoms with van der Waals surface area (Å²) in [6.45, 7) is -2.05. The number of H-pyrrole nitrogens is 1. The first-order valence-corrected chi connectivity index (χ1v) is 10.6. The van der Waals surface area contributed by atoms with Gasteiger partial charge in [0.1, 0.15) is 36.6 Å². The zero-order chi connectivity index (χ0) is 24.4. The zero-order valence-electron chi connectivity index (χ0n) is 16.1. The topological polar surface area (TPSA) is 269 Å². The minimum Gasteiger partial charge on any atom is -0.394 e. The molecule has 0 aromatic carbocycles. The van der Waals surface area contributed by atoms with Crippen molar-refractivity contribution in [2.75, 3.05) is 13.2 Å². The van der Waals surface area contributed by atoms with Crippen LogP contribution in [0.25, 0.3) is 0 Å². The highest BCUT2D eigenvalue weighted by atomic mass is 31.2. The maximum absolute atomic E-state index is 12.1. The Labute approximate surface area is 178 Å². The molecule has 0 saturated carbocycles. The fourth-order valence-electron chi connectivity index (χ4n) is 2.80. The molecule has 1 aromatic rings. The Kier molecular flexibility index (Phi) is 8.60. The average molecular weight is 486 g/mol. The van der Waals surface area contributed by atoms with Crippen molar-refractivity contribution in [2.45, 2.75) is 49.0 Å². The van der Waals surface area contributed by atoms with E-state index in [0.717, 1.165) is 16.8 Å². The fourth-order valence-corrected chi connectivity index (χ4v) is 3.76. The van der Waals surface area contributed by atoms with E-state index in [9.17, 15) is 54.5 Å². The van der Waals surface area contributed by atoms with Crippen molar-refractivity contribution in [3.8, 4) is 0 Å². The molecule has 0 bridgehead atoms. The van der Waals surface area contributed by atoms with Gasteiger partial charge in [-0.2, -0.15) is 0 Å². The largest absolute Gasteiger partial charge is 0.397 e. The second kappa shape index (κ2) is 10.4. The highest BCUT2D eigenvalue weighted by Crippen LogP contribution is 2.45. The second-order valence-corrected chi connectivity index (χ2v) is 8.63. The monoisotopic (exact) mass is 486 g/mol. The van der Waals surface area contributed by atoms with Crippen molar-refractivity contribution in [3.63, 3.8) is 0 Å². The Hall–Kier alpha value is -1.82. The third-order valence-corrected chi connectivity index (χ3v) is 5.98. The lowest BCUT2D eigenvalue weighted by Crippen LogP contribution is -2.48. The zero-order valence-corrected chi connectivity index (χ0v) is 17.0. The Morgan fingerprint density at radius 2 is 1.81 bits per heavy atom. The van der Waals surface area contributed by atoms with Crippen LogP contribution < -0.4 is 11.2 Å². The van der Waals surface area contributed by atoms with Gasteiger partial charge in [-0.05, 0) is 0 Å². The van der Waals surface area contributed by atoms with E-state index >= 15 is 0 Å². The number of carbonyl (C=O) groups is 1. The molecule has 2 heterocycles. The van der Waals surface area contributed by atoms with E-state index in [1.54, 1.807) is 0 Å². The summed E-state index contributed by atoms with van der Waals surface area (Å²) in [6, 6.07) is 0.934. The van der Waals surface area contributed by atoms with Crippen LogP contribution in [-0.4, -0.2) is 112 Å². The number of nitrogens with zero attached hydrogens (tertiary/aromatic N) is 1. The van der Waals surface area contributed by atoms with Crippen LogP contribution in [0.3, 0.4) is 0 Å². The van der Waals surface area contributed by atoms with Gasteiger partial charge in [0.25, 0.3) is 11.1 Å². The van der Waals surface area contributed by atoms with Gasteiger partial charge in [0.05, 0.1) is 13.2 Å². The van der Waals surface area contributed by atoms with Gasteiger partial charge in [-0.3, -0.25) is 23.7 Å². The molecular weight excluding hydrogens is 463 g/mol. The summed E-state index contributed by atoms with van der Waals surface area (Å²) >= 11 is 0. The maximum atomic E-state index is 12.1. The molecule has 182 valence electrons. The van der Waals surface area contributed by atoms with E-state index in [1.807, 2.05) is 4.98 Å². The minimum absolute atomic E-state index is 0.729. The summed E-state index contributed by atoms with van der Waals surface area (Å²) in [4.78, 5) is 46.6. The lowest BCUT2D eigenvalue weighted by atomic mass is 10.0. The Bertz CT molecular complexity index is 964. The summed E-state index contributed by atoms with van der Waals surface area (Å²) in [5.41, 5.74) is -3.70. The second-order valence-electron chi connectivity index (χ2n) is 6.89. The predicted molar refractivity (Wildman–Crippen MR) is 99.1 cm³/mol. The van der Waals surface area contributed by atoms with Gasteiger partial charge in [-0.25, -0.2) is 4.79 Å². The highest BCUT2D eigenvalue weighted by Gasteiger charge is 2.47. The van der Waals surface area contributed by atoms with Crippen LogP contribution in [0.15, 0.2) is 21.9 Å². The first-order chi connectivity index (χ1) is 14.8. The number of rotatable bonds is 10. The summed E-state index contributed by atoms with van der Waals surface area (Å²) in [7, 11) is -5.37. The van der Waals surface area contributed by atoms with Gasteiger partial charge < -0.3 is 49.9 Å². The lowest BCUT2D eigenvalue weighted by molar-refractivity contribution is -0.142. The van der Waals surface area contributed by atoms with E-state index in [4.69, 9.17) is 9.84 Å². The van der Waals surface area contributed by atoms with E-state index < -0.39 is 86.5 Å². The molecule has 32 heavy (non-hydrogen) atoms. The highest BCUT2D eigenvalue weighted by molar-refractivity contribution is 7.71. The molecule has 1 aromatic heterocycles. The molecule has 1 unspecified atom stereocenters. The maximum Gasteiger partial charge on any atom is 0.397 e. The van der Waals surface area contributed by atoms with E-state index in [2.05, 4.69) is 4.52 Å². The third kappa shape index (κ3) is 5.56. The van der Waals surface area contributed by atoms with Crippen LogP contribution in [-0.2, 0) is 18.6 Å². The SMILES string of the molecule is O=C([C@H](O)[C@@H](O)[C@H](O)[C@H](O)CO)P(=O)(O)OC[C@H]1O[C@@H](n2ccc(=O)[nH]c2=O)[C@H](O)[C@@H]1O. The molecule has 1 aliphatic heterocycles. The van der Waals surface area contributed by atoms with Crippen molar-refractivity contribution >= 4 is 13.1 Å². The third-order valence-electron chi connectivity index (χ3n) is 4.66. The molecule has 0 radical (unpaired) electrons. The van der Waals surface area contributed by atoms with Crippen LogP contribution >= 0.6 is 7.60 Å². The van der Waals surface area contributed by atoms with Crippen LogP contribution in [0.4, 0.5) is 0 Å². The average Bonchev–Trinajstić information content (AvgIpc) is 3.03. The molecule has 9 atom stereocenters. The van der Waals surface area contributed by atoms with Crippen LogP contribution in [0.5, 0.6) is 0 Å². The van der Waals surface area contributed by atoms with Crippen LogP contribution in [0, 0.1) is 0 Å². The Morgan fingerprint density at radius 3 is 2.38 bits per heavy atom. The number of aliphatic hydroxyl groups excluding tert-OH is 7. The molecule has 1 aliphatic rings. The molecule has 2 rings (SSSR count). The van der Waals surface area contributed by atoms with Crippen molar-refractivity contribution in [2.24, 2.45) is 0 Å². The van der Waals surface area contributed by atoms with Gasteiger partial charge in [0.2, 0.25) is 0 Å².